The van der Waals surface area contributed by atoms with Crippen molar-refractivity contribution >= 4 is 5.78 Å². The maximum absolute atomic E-state index is 11.0. The van der Waals surface area contributed by atoms with Crippen LogP contribution in [0.2, 0.25) is 0 Å². The summed E-state index contributed by atoms with van der Waals surface area (Å²) in [6.07, 6.45) is 0.540. The lowest BCUT2D eigenvalue weighted by Crippen LogP contribution is -2.08. The number of carbonyl (C=O) groups excluding carboxylic acids is 1. The second kappa shape index (κ2) is 6.96. The number of ether oxygens (including phenoxy) is 1. The van der Waals surface area contributed by atoms with E-state index in [1.165, 1.54) is 0 Å². The third-order valence-corrected chi connectivity index (χ3v) is 2.84. The first-order chi connectivity index (χ1) is 9.70. The lowest BCUT2D eigenvalue weighted by molar-refractivity contribution is -0.117. The van der Waals surface area contributed by atoms with Gasteiger partial charge in [0.25, 0.3) is 0 Å². The van der Waals surface area contributed by atoms with Crippen LogP contribution in [-0.2, 0) is 16.0 Å². The molecular weight excluding hydrogens is 256 g/mol. The molecule has 0 saturated carbocycles. The molecule has 0 spiro atoms. The van der Waals surface area contributed by atoms with E-state index in [1.807, 2.05) is 37.3 Å². The number of aromatic nitrogens is 2. The smallest absolute Gasteiger partial charge is 0.227 e. The molecule has 20 heavy (non-hydrogen) atoms. The first-order valence-electron chi connectivity index (χ1n) is 6.69. The Morgan fingerprint density at radius 3 is 2.75 bits per heavy atom. The highest BCUT2D eigenvalue weighted by molar-refractivity contribution is 5.75. The fourth-order valence-electron chi connectivity index (χ4n) is 1.87. The Kier molecular flexibility index (Phi) is 5.01. The zero-order valence-corrected chi connectivity index (χ0v) is 11.7. The van der Waals surface area contributed by atoms with Gasteiger partial charge in [0.2, 0.25) is 11.7 Å². The first kappa shape index (κ1) is 14.4. The Hall–Kier alpha value is -2.01. The quantitative estimate of drug-likeness (QED) is 0.776. The third-order valence-electron chi connectivity index (χ3n) is 2.84. The molecule has 0 bridgehead atoms. The lowest BCUT2D eigenvalue weighted by atomic mass is 10.1. The standard InChI is InChI=1S/C15H18N2O3/c1-3-19-14(12-7-5-4-6-8-12)15-16-13(20-17-15)10-9-11(2)18/h4-8,14H,3,9-10H2,1-2H3. The second-order valence-corrected chi connectivity index (χ2v) is 4.49. The van der Waals surface area contributed by atoms with Crippen LogP contribution in [0, 0.1) is 0 Å². The summed E-state index contributed by atoms with van der Waals surface area (Å²) >= 11 is 0. The molecule has 1 aromatic heterocycles. The van der Waals surface area contributed by atoms with Gasteiger partial charge in [-0.25, -0.2) is 0 Å². The summed E-state index contributed by atoms with van der Waals surface area (Å²) in [4.78, 5) is 15.3. The van der Waals surface area contributed by atoms with Crippen LogP contribution in [0.1, 0.15) is 43.7 Å². The monoisotopic (exact) mass is 274 g/mol. The number of aryl methyl sites for hydroxylation is 1. The molecule has 1 heterocycles. The lowest BCUT2D eigenvalue weighted by Gasteiger charge is -2.13. The highest BCUT2D eigenvalue weighted by Crippen LogP contribution is 2.23. The number of rotatable bonds is 7. The van der Waals surface area contributed by atoms with Crippen molar-refractivity contribution in [2.75, 3.05) is 6.61 Å². The maximum Gasteiger partial charge on any atom is 0.227 e. The minimum absolute atomic E-state index is 0.106. The largest absolute Gasteiger partial charge is 0.366 e. The number of benzene rings is 1. The number of carbonyl (C=O) groups is 1. The van der Waals surface area contributed by atoms with Gasteiger partial charge in [-0.3, -0.25) is 0 Å². The Balaban J connectivity index is 2.16. The molecule has 1 atom stereocenters. The molecule has 2 aromatic rings. The molecular formula is C15H18N2O3. The van der Waals surface area contributed by atoms with Crippen LogP contribution in [0.3, 0.4) is 0 Å². The van der Waals surface area contributed by atoms with Crippen molar-refractivity contribution in [2.24, 2.45) is 0 Å². The fraction of sp³-hybridized carbons (Fsp3) is 0.400. The van der Waals surface area contributed by atoms with E-state index in [1.54, 1.807) is 6.92 Å². The van der Waals surface area contributed by atoms with Crippen molar-refractivity contribution in [2.45, 2.75) is 32.8 Å². The molecule has 0 aliphatic heterocycles. The minimum atomic E-state index is -0.337. The highest BCUT2D eigenvalue weighted by atomic mass is 16.5. The van der Waals surface area contributed by atoms with E-state index in [9.17, 15) is 4.79 Å². The minimum Gasteiger partial charge on any atom is -0.366 e. The second-order valence-electron chi connectivity index (χ2n) is 4.49. The molecule has 0 aliphatic carbocycles. The number of Topliss-reactive ketones (excluding diaryl/α,β-unsaturated/α-hetero) is 1. The van der Waals surface area contributed by atoms with Crippen molar-refractivity contribution in [1.29, 1.82) is 0 Å². The number of nitrogens with zero attached hydrogens (tertiary/aromatic N) is 2. The number of ketones is 1. The zero-order chi connectivity index (χ0) is 14.4. The summed E-state index contributed by atoms with van der Waals surface area (Å²) in [5, 5.41) is 3.97. The molecule has 0 fully saturated rings. The number of hydrogen-bond acceptors (Lipinski definition) is 5. The molecule has 1 unspecified atom stereocenters. The van der Waals surface area contributed by atoms with E-state index in [-0.39, 0.29) is 11.9 Å². The van der Waals surface area contributed by atoms with Gasteiger partial charge in [0.05, 0.1) is 0 Å². The van der Waals surface area contributed by atoms with Gasteiger partial charge in [0.1, 0.15) is 11.9 Å². The summed E-state index contributed by atoms with van der Waals surface area (Å²) in [6, 6.07) is 9.76. The van der Waals surface area contributed by atoms with Crippen molar-refractivity contribution in [3.8, 4) is 0 Å². The van der Waals surface area contributed by atoms with E-state index in [2.05, 4.69) is 10.1 Å². The SMILES string of the molecule is CCOC(c1ccccc1)c1noc(CCC(C)=O)n1. The van der Waals surface area contributed by atoms with Gasteiger partial charge in [0.15, 0.2) is 0 Å². The van der Waals surface area contributed by atoms with Gasteiger partial charge in [-0.1, -0.05) is 35.5 Å². The Morgan fingerprint density at radius 1 is 1.35 bits per heavy atom. The van der Waals surface area contributed by atoms with Gasteiger partial charge in [-0.2, -0.15) is 4.98 Å². The predicted octanol–water partition coefficient (Wildman–Crippen LogP) is 2.72. The normalized spacial score (nSPS) is 12.3. The third kappa shape index (κ3) is 3.74. The molecule has 2 rings (SSSR count). The zero-order valence-electron chi connectivity index (χ0n) is 11.7. The van der Waals surface area contributed by atoms with E-state index < -0.39 is 0 Å². The highest BCUT2D eigenvalue weighted by Gasteiger charge is 2.20. The maximum atomic E-state index is 11.0. The molecule has 5 nitrogen and oxygen atoms in total. The molecule has 0 amide bonds. The van der Waals surface area contributed by atoms with Crippen LogP contribution in [0.25, 0.3) is 0 Å². The van der Waals surface area contributed by atoms with Gasteiger partial charge in [-0.05, 0) is 19.4 Å². The van der Waals surface area contributed by atoms with Crippen LogP contribution in [-0.4, -0.2) is 22.5 Å². The summed E-state index contributed by atoms with van der Waals surface area (Å²) in [6.45, 7) is 4.02. The summed E-state index contributed by atoms with van der Waals surface area (Å²) in [5.74, 6) is 1.07. The fourth-order valence-corrected chi connectivity index (χ4v) is 1.87. The van der Waals surface area contributed by atoms with Crippen molar-refractivity contribution in [3.05, 3.63) is 47.6 Å². The predicted molar refractivity (Wildman–Crippen MR) is 73.2 cm³/mol. The molecule has 0 aliphatic rings. The molecule has 0 saturated heterocycles. The Labute approximate surface area is 118 Å². The average molecular weight is 274 g/mol. The summed E-state index contributed by atoms with van der Waals surface area (Å²) in [5.41, 5.74) is 0.980. The van der Waals surface area contributed by atoms with Crippen molar-refractivity contribution < 1.29 is 14.1 Å². The van der Waals surface area contributed by atoms with E-state index in [4.69, 9.17) is 9.26 Å². The van der Waals surface area contributed by atoms with Crippen LogP contribution in [0.5, 0.6) is 0 Å². The summed E-state index contributed by atoms with van der Waals surface area (Å²) in [7, 11) is 0. The molecule has 106 valence electrons. The Bertz CT molecular complexity index is 551. The van der Waals surface area contributed by atoms with Gasteiger partial charge >= 0.3 is 0 Å². The molecule has 5 heteroatoms. The van der Waals surface area contributed by atoms with Crippen LogP contribution in [0.4, 0.5) is 0 Å². The van der Waals surface area contributed by atoms with Crippen LogP contribution in [0.15, 0.2) is 34.9 Å². The van der Waals surface area contributed by atoms with E-state index >= 15 is 0 Å². The number of hydrogen-bond donors (Lipinski definition) is 0. The van der Waals surface area contributed by atoms with Crippen molar-refractivity contribution in [3.63, 3.8) is 0 Å². The topological polar surface area (TPSA) is 65.2 Å². The van der Waals surface area contributed by atoms with Gasteiger partial charge < -0.3 is 14.1 Å². The van der Waals surface area contributed by atoms with Gasteiger partial charge in [0, 0.05) is 19.4 Å². The van der Waals surface area contributed by atoms with Crippen molar-refractivity contribution in [1.82, 2.24) is 10.1 Å². The van der Waals surface area contributed by atoms with Crippen LogP contribution < -0.4 is 0 Å². The Morgan fingerprint density at radius 2 is 2.10 bits per heavy atom. The molecule has 1 aromatic carbocycles. The first-order valence-corrected chi connectivity index (χ1v) is 6.69. The van der Waals surface area contributed by atoms with E-state index in [0.717, 1.165) is 5.56 Å². The average Bonchev–Trinajstić information content (AvgIpc) is 2.92. The molecule has 0 N–H and O–H groups in total. The van der Waals surface area contributed by atoms with Crippen LogP contribution >= 0.6 is 0 Å². The van der Waals surface area contributed by atoms with E-state index in [0.29, 0.717) is 31.2 Å². The molecule has 0 radical (unpaired) electrons. The van der Waals surface area contributed by atoms with Gasteiger partial charge in [-0.15, -0.1) is 0 Å². The summed E-state index contributed by atoms with van der Waals surface area (Å²) < 4.78 is 10.9.